The Labute approximate surface area is 122 Å². The molecule has 1 atom stereocenters. The average molecular weight is 271 g/mol. The van der Waals surface area contributed by atoms with Crippen molar-refractivity contribution < 1.29 is 0 Å². The van der Waals surface area contributed by atoms with Crippen molar-refractivity contribution in [1.29, 1.82) is 5.26 Å². The molecular weight excluding hydrogens is 246 g/mol. The summed E-state index contributed by atoms with van der Waals surface area (Å²) in [6.07, 6.45) is 2.68. The fourth-order valence-electron chi connectivity index (χ4n) is 2.78. The van der Waals surface area contributed by atoms with E-state index in [1.807, 2.05) is 30.3 Å². The Morgan fingerprint density at radius 3 is 2.50 bits per heavy atom. The number of nitrogens with zero attached hydrogens (tertiary/aromatic N) is 2. The standard InChI is InChI=1S/C17H25N3/c1-14(2)19-17(12-18,16-7-5-4-6-8-16)13-20(3)11-15-9-10-15/h4-8,14-15,19H,9-11,13H2,1-3H3. The van der Waals surface area contributed by atoms with Crippen LogP contribution in [0.15, 0.2) is 30.3 Å². The Morgan fingerprint density at radius 1 is 1.35 bits per heavy atom. The molecule has 0 amide bonds. The third-order valence-corrected chi connectivity index (χ3v) is 3.77. The zero-order valence-corrected chi connectivity index (χ0v) is 12.8. The van der Waals surface area contributed by atoms with Gasteiger partial charge < -0.3 is 4.90 Å². The zero-order valence-electron chi connectivity index (χ0n) is 12.8. The van der Waals surface area contributed by atoms with E-state index in [-0.39, 0.29) is 6.04 Å². The van der Waals surface area contributed by atoms with E-state index in [0.717, 1.165) is 24.6 Å². The van der Waals surface area contributed by atoms with Gasteiger partial charge in [-0.05, 0) is 45.2 Å². The van der Waals surface area contributed by atoms with Gasteiger partial charge in [-0.1, -0.05) is 30.3 Å². The Morgan fingerprint density at radius 2 is 2.00 bits per heavy atom. The van der Waals surface area contributed by atoms with Crippen molar-refractivity contribution in [2.75, 3.05) is 20.1 Å². The van der Waals surface area contributed by atoms with Crippen molar-refractivity contribution in [2.45, 2.75) is 38.3 Å². The fourth-order valence-corrected chi connectivity index (χ4v) is 2.78. The first-order valence-electron chi connectivity index (χ1n) is 7.49. The van der Waals surface area contributed by atoms with E-state index in [1.54, 1.807) is 0 Å². The number of nitriles is 1. The molecule has 0 saturated heterocycles. The first kappa shape index (κ1) is 15.0. The zero-order chi connectivity index (χ0) is 14.6. The molecule has 1 aliphatic rings. The molecule has 1 fully saturated rings. The van der Waals surface area contributed by atoms with Gasteiger partial charge in [0.05, 0.1) is 6.07 Å². The van der Waals surface area contributed by atoms with Gasteiger partial charge in [0.1, 0.15) is 5.54 Å². The van der Waals surface area contributed by atoms with E-state index >= 15 is 0 Å². The Kier molecular flexibility index (Phi) is 4.80. The molecule has 1 aromatic carbocycles. The third-order valence-electron chi connectivity index (χ3n) is 3.77. The minimum absolute atomic E-state index is 0.268. The van der Waals surface area contributed by atoms with Gasteiger partial charge in [0.15, 0.2) is 0 Å². The highest BCUT2D eigenvalue weighted by Gasteiger charge is 2.35. The van der Waals surface area contributed by atoms with E-state index in [1.165, 1.54) is 12.8 Å². The highest BCUT2D eigenvalue weighted by Crippen LogP contribution is 2.30. The lowest BCUT2D eigenvalue weighted by Gasteiger charge is -2.34. The second kappa shape index (κ2) is 6.39. The van der Waals surface area contributed by atoms with Gasteiger partial charge in [-0.3, -0.25) is 5.32 Å². The maximum atomic E-state index is 9.84. The first-order valence-corrected chi connectivity index (χ1v) is 7.49. The minimum Gasteiger partial charge on any atom is -0.303 e. The highest BCUT2D eigenvalue weighted by molar-refractivity contribution is 5.32. The molecular formula is C17H25N3. The summed E-state index contributed by atoms with van der Waals surface area (Å²) < 4.78 is 0. The van der Waals surface area contributed by atoms with E-state index in [9.17, 15) is 5.26 Å². The number of hydrogen-bond donors (Lipinski definition) is 1. The lowest BCUT2D eigenvalue weighted by Crippen LogP contribution is -2.52. The molecule has 20 heavy (non-hydrogen) atoms. The molecule has 0 aromatic heterocycles. The molecule has 0 heterocycles. The number of nitrogens with one attached hydrogen (secondary N) is 1. The topological polar surface area (TPSA) is 39.1 Å². The normalized spacial score (nSPS) is 18.0. The summed E-state index contributed by atoms with van der Waals surface area (Å²) in [7, 11) is 2.12. The second-order valence-corrected chi connectivity index (χ2v) is 6.32. The van der Waals surface area contributed by atoms with Crippen LogP contribution < -0.4 is 5.32 Å². The summed E-state index contributed by atoms with van der Waals surface area (Å²) in [4.78, 5) is 2.29. The molecule has 0 aliphatic heterocycles. The largest absolute Gasteiger partial charge is 0.303 e. The Balaban J connectivity index is 2.20. The number of rotatable bonds is 7. The van der Waals surface area contributed by atoms with E-state index in [4.69, 9.17) is 0 Å². The van der Waals surface area contributed by atoms with Gasteiger partial charge in [-0.2, -0.15) is 5.26 Å². The number of hydrogen-bond acceptors (Lipinski definition) is 3. The van der Waals surface area contributed by atoms with Crippen LogP contribution in [0.5, 0.6) is 0 Å². The third kappa shape index (κ3) is 3.82. The van der Waals surface area contributed by atoms with Crippen molar-refractivity contribution in [3.05, 3.63) is 35.9 Å². The van der Waals surface area contributed by atoms with Crippen LogP contribution in [0.1, 0.15) is 32.3 Å². The predicted octanol–water partition coefficient (Wildman–Crippen LogP) is 2.75. The predicted molar refractivity (Wildman–Crippen MR) is 82.2 cm³/mol. The van der Waals surface area contributed by atoms with Gasteiger partial charge >= 0.3 is 0 Å². The SMILES string of the molecule is CC(C)NC(C#N)(CN(C)CC1CC1)c1ccccc1. The monoisotopic (exact) mass is 271 g/mol. The molecule has 1 aromatic rings. The first-order chi connectivity index (χ1) is 9.55. The molecule has 0 radical (unpaired) electrons. The van der Waals surface area contributed by atoms with Crippen molar-refractivity contribution >= 4 is 0 Å². The molecule has 1 unspecified atom stereocenters. The molecule has 1 aliphatic carbocycles. The van der Waals surface area contributed by atoms with E-state index in [2.05, 4.69) is 37.2 Å². The van der Waals surface area contributed by atoms with Gasteiger partial charge in [-0.15, -0.1) is 0 Å². The van der Waals surface area contributed by atoms with Crippen LogP contribution in [0.2, 0.25) is 0 Å². The van der Waals surface area contributed by atoms with E-state index in [0.29, 0.717) is 0 Å². The van der Waals surface area contributed by atoms with Crippen LogP contribution in [0.3, 0.4) is 0 Å². The average Bonchev–Trinajstić information content (AvgIpc) is 3.22. The molecule has 1 N–H and O–H groups in total. The molecule has 3 nitrogen and oxygen atoms in total. The molecule has 0 bridgehead atoms. The van der Waals surface area contributed by atoms with Crippen LogP contribution in [0.25, 0.3) is 0 Å². The van der Waals surface area contributed by atoms with Gasteiger partial charge in [0.25, 0.3) is 0 Å². The molecule has 2 rings (SSSR count). The molecule has 0 spiro atoms. The fraction of sp³-hybridized carbons (Fsp3) is 0.588. The molecule has 108 valence electrons. The van der Waals surface area contributed by atoms with Crippen LogP contribution >= 0.6 is 0 Å². The molecule has 1 saturated carbocycles. The van der Waals surface area contributed by atoms with Crippen LogP contribution in [-0.4, -0.2) is 31.1 Å². The van der Waals surface area contributed by atoms with Gasteiger partial charge in [-0.25, -0.2) is 0 Å². The Hall–Kier alpha value is -1.37. The lowest BCUT2D eigenvalue weighted by atomic mass is 9.89. The van der Waals surface area contributed by atoms with Crippen LogP contribution in [0.4, 0.5) is 0 Å². The second-order valence-electron chi connectivity index (χ2n) is 6.32. The summed E-state index contributed by atoms with van der Waals surface area (Å²) in [5, 5.41) is 13.3. The highest BCUT2D eigenvalue weighted by atomic mass is 15.2. The van der Waals surface area contributed by atoms with Crippen molar-refractivity contribution in [2.24, 2.45) is 5.92 Å². The summed E-state index contributed by atoms with van der Waals surface area (Å²) in [5.74, 6) is 0.839. The summed E-state index contributed by atoms with van der Waals surface area (Å²) in [6.45, 7) is 6.00. The van der Waals surface area contributed by atoms with Gasteiger partial charge in [0.2, 0.25) is 0 Å². The van der Waals surface area contributed by atoms with Crippen LogP contribution in [-0.2, 0) is 5.54 Å². The smallest absolute Gasteiger partial charge is 0.145 e. The maximum Gasteiger partial charge on any atom is 0.145 e. The lowest BCUT2D eigenvalue weighted by molar-refractivity contribution is 0.232. The van der Waals surface area contributed by atoms with Crippen molar-refractivity contribution in [1.82, 2.24) is 10.2 Å². The van der Waals surface area contributed by atoms with Crippen molar-refractivity contribution in [3.8, 4) is 6.07 Å². The maximum absolute atomic E-state index is 9.84. The molecule has 3 heteroatoms. The van der Waals surface area contributed by atoms with Crippen molar-refractivity contribution in [3.63, 3.8) is 0 Å². The Bertz CT molecular complexity index is 459. The van der Waals surface area contributed by atoms with Crippen LogP contribution in [0, 0.1) is 17.2 Å². The summed E-state index contributed by atoms with van der Waals surface area (Å²) in [6, 6.07) is 12.9. The van der Waals surface area contributed by atoms with Gasteiger partial charge in [0, 0.05) is 19.1 Å². The minimum atomic E-state index is -0.626. The quantitative estimate of drug-likeness (QED) is 0.829. The number of benzene rings is 1. The van der Waals surface area contributed by atoms with E-state index < -0.39 is 5.54 Å². The summed E-state index contributed by atoms with van der Waals surface area (Å²) >= 11 is 0. The number of likely N-dealkylation sites (N-methyl/N-ethyl adjacent to an activating group) is 1. The summed E-state index contributed by atoms with van der Waals surface area (Å²) in [5.41, 5.74) is 0.429.